The first-order valence-electron chi connectivity index (χ1n) is 6.30. The van der Waals surface area contributed by atoms with E-state index in [4.69, 9.17) is 15.2 Å². The van der Waals surface area contributed by atoms with E-state index in [2.05, 4.69) is 5.32 Å². The average Bonchev–Trinajstić information content (AvgIpc) is 2.43. The minimum Gasteiger partial charge on any atom is -0.493 e. The minimum atomic E-state index is -0.533. The zero-order valence-corrected chi connectivity index (χ0v) is 11.9. The molecule has 0 aliphatic heterocycles. The molecule has 0 bridgehead atoms. The number of hydrogen-bond donors (Lipinski definition) is 2. The number of amides is 1. The highest BCUT2D eigenvalue weighted by Crippen LogP contribution is 2.30. The van der Waals surface area contributed by atoms with E-state index in [9.17, 15) is 4.79 Å². The molecule has 106 valence electrons. The van der Waals surface area contributed by atoms with Gasteiger partial charge < -0.3 is 15.2 Å². The highest BCUT2D eigenvalue weighted by molar-refractivity contribution is 5.81. The Balaban J connectivity index is 3.06. The molecule has 1 rings (SSSR count). The second kappa shape index (κ2) is 6.99. The van der Waals surface area contributed by atoms with E-state index < -0.39 is 11.9 Å². The van der Waals surface area contributed by atoms with Crippen LogP contribution in [0.2, 0.25) is 0 Å². The van der Waals surface area contributed by atoms with E-state index in [1.54, 1.807) is 26.4 Å². The summed E-state index contributed by atoms with van der Waals surface area (Å²) in [6, 6.07) is 5.01. The minimum absolute atomic E-state index is 0.200. The van der Waals surface area contributed by atoms with Crippen LogP contribution in [0.1, 0.15) is 31.9 Å². The Kier molecular flexibility index (Phi) is 5.63. The monoisotopic (exact) mass is 266 g/mol. The van der Waals surface area contributed by atoms with Crippen molar-refractivity contribution in [3.63, 3.8) is 0 Å². The molecule has 5 heteroatoms. The molecular formula is C14H22N2O3. The van der Waals surface area contributed by atoms with Crippen molar-refractivity contribution < 1.29 is 14.3 Å². The summed E-state index contributed by atoms with van der Waals surface area (Å²) in [5, 5.41) is 3.20. The molecule has 5 nitrogen and oxygen atoms in total. The van der Waals surface area contributed by atoms with Gasteiger partial charge in [0, 0.05) is 6.04 Å². The predicted molar refractivity (Wildman–Crippen MR) is 74.4 cm³/mol. The molecule has 1 amide bonds. The van der Waals surface area contributed by atoms with Gasteiger partial charge in [-0.2, -0.15) is 0 Å². The van der Waals surface area contributed by atoms with Crippen molar-refractivity contribution >= 4 is 5.91 Å². The molecule has 0 aliphatic carbocycles. The first-order chi connectivity index (χ1) is 9.03. The Labute approximate surface area is 114 Å². The first kappa shape index (κ1) is 15.3. The van der Waals surface area contributed by atoms with Crippen molar-refractivity contribution in [2.75, 3.05) is 14.2 Å². The number of rotatable bonds is 7. The van der Waals surface area contributed by atoms with Crippen LogP contribution < -0.4 is 20.5 Å². The van der Waals surface area contributed by atoms with E-state index in [1.165, 1.54) is 0 Å². The third-order valence-corrected chi connectivity index (χ3v) is 3.09. The molecule has 0 aliphatic rings. The number of carbonyl (C=O) groups excluding carboxylic acids is 1. The molecule has 0 fully saturated rings. The van der Waals surface area contributed by atoms with Crippen molar-refractivity contribution in [3.8, 4) is 11.5 Å². The first-order valence-corrected chi connectivity index (χ1v) is 6.30. The van der Waals surface area contributed by atoms with Gasteiger partial charge in [0.25, 0.3) is 0 Å². The fraction of sp³-hybridized carbons (Fsp3) is 0.500. The van der Waals surface area contributed by atoms with E-state index in [0.717, 1.165) is 12.0 Å². The zero-order chi connectivity index (χ0) is 14.4. The molecule has 2 atom stereocenters. The van der Waals surface area contributed by atoms with Crippen molar-refractivity contribution in [1.82, 2.24) is 5.32 Å². The quantitative estimate of drug-likeness (QED) is 0.786. The van der Waals surface area contributed by atoms with Gasteiger partial charge in [0.05, 0.1) is 14.2 Å². The van der Waals surface area contributed by atoms with Crippen LogP contribution >= 0.6 is 0 Å². The number of carbonyl (C=O) groups is 1. The van der Waals surface area contributed by atoms with Gasteiger partial charge in [-0.15, -0.1) is 0 Å². The molecule has 1 aromatic carbocycles. The lowest BCUT2D eigenvalue weighted by atomic mass is 10.0. The van der Waals surface area contributed by atoms with Gasteiger partial charge in [-0.05, 0) is 31.0 Å². The maximum absolute atomic E-state index is 11.6. The van der Waals surface area contributed by atoms with Gasteiger partial charge in [-0.25, -0.2) is 0 Å². The SMILES string of the molecule is CCC(C)NC(C(N)=O)c1ccc(OC)c(OC)c1. The van der Waals surface area contributed by atoms with E-state index in [1.807, 2.05) is 19.9 Å². The highest BCUT2D eigenvalue weighted by atomic mass is 16.5. The smallest absolute Gasteiger partial charge is 0.239 e. The van der Waals surface area contributed by atoms with Crippen LogP contribution in [0.4, 0.5) is 0 Å². The van der Waals surface area contributed by atoms with Crippen LogP contribution in [0.15, 0.2) is 18.2 Å². The van der Waals surface area contributed by atoms with E-state index in [-0.39, 0.29) is 6.04 Å². The molecule has 0 spiro atoms. The lowest BCUT2D eigenvalue weighted by Gasteiger charge is -2.21. The maximum atomic E-state index is 11.6. The third-order valence-electron chi connectivity index (χ3n) is 3.09. The number of nitrogens with one attached hydrogen (secondary N) is 1. The summed E-state index contributed by atoms with van der Waals surface area (Å²) < 4.78 is 10.4. The number of methoxy groups -OCH3 is 2. The molecule has 3 N–H and O–H groups in total. The van der Waals surface area contributed by atoms with Crippen molar-refractivity contribution in [1.29, 1.82) is 0 Å². The second-order valence-corrected chi connectivity index (χ2v) is 4.43. The summed E-state index contributed by atoms with van der Waals surface area (Å²) in [4.78, 5) is 11.6. The fourth-order valence-electron chi connectivity index (χ4n) is 1.78. The summed E-state index contributed by atoms with van der Waals surface area (Å²) in [6.45, 7) is 4.06. The van der Waals surface area contributed by atoms with Gasteiger partial charge >= 0.3 is 0 Å². The Bertz CT molecular complexity index is 435. The van der Waals surface area contributed by atoms with Gasteiger partial charge in [-0.1, -0.05) is 13.0 Å². The lowest BCUT2D eigenvalue weighted by Crippen LogP contribution is -2.38. The standard InChI is InChI=1S/C14H22N2O3/c1-5-9(2)16-13(14(15)17)10-6-7-11(18-3)12(8-10)19-4/h6-9,13,16H,5H2,1-4H3,(H2,15,17). The number of benzene rings is 1. The molecule has 0 saturated carbocycles. The van der Waals surface area contributed by atoms with Gasteiger partial charge in [0.1, 0.15) is 6.04 Å². The largest absolute Gasteiger partial charge is 0.493 e. The molecule has 0 heterocycles. The Morgan fingerprint density at radius 3 is 2.42 bits per heavy atom. The van der Waals surface area contributed by atoms with Crippen LogP contribution in [-0.2, 0) is 4.79 Å². The summed E-state index contributed by atoms with van der Waals surface area (Å²) in [6.07, 6.45) is 0.914. The van der Waals surface area contributed by atoms with Crippen LogP contribution in [0.25, 0.3) is 0 Å². The van der Waals surface area contributed by atoms with Crippen LogP contribution in [0.3, 0.4) is 0 Å². The Hall–Kier alpha value is -1.75. The van der Waals surface area contributed by atoms with Crippen molar-refractivity contribution in [2.45, 2.75) is 32.4 Å². The topological polar surface area (TPSA) is 73.6 Å². The third kappa shape index (κ3) is 3.86. The van der Waals surface area contributed by atoms with Crippen molar-refractivity contribution in [2.24, 2.45) is 5.73 Å². The van der Waals surface area contributed by atoms with E-state index >= 15 is 0 Å². The number of hydrogen-bond acceptors (Lipinski definition) is 4. The number of primary amides is 1. The Morgan fingerprint density at radius 1 is 1.32 bits per heavy atom. The summed E-state index contributed by atoms with van der Waals surface area (Å²) in [5.41, 5.74) is 6.23. The fourth-order valence-corrected chi connectivity index (χ4v) is 1.78. The van der Waals surface area contributed by atoms with E-state index in [0.29, 0.717) is 11.5 Å². The molecule has 1 aromatic rings. The van der Waals surface area contributed by atoms with Gasteiger partial charge in [0.2, 0.25) is 5.91 Å². The molecule has 0 radical (unpaired) electrons. The van der Waals surface area contributed by atoms with Crippen molar-refractivity contribution in [3.05, 3.63) is 23.8 Å². The molecule has 2 unspecified atom stereocenters. The average molecular weight is 266 g/mol. The normalized spacial score (nSPS) is 13.7. The second-order valence-electron chi connectivity index (χ2n) is 4.43. The summed E-state index contributed by atoms with van der Waals surface area (Å²) in [7, 11) is 3.13. The molecular weight excluding hydrogens is 244 g/mol. The number of nitrogens with two attached hydrogens (primary N) is 1. The Morgan fingerprint density at radius 2 is 1.95 bits per heavy atom. The number of ether oxygens (including phenoxy) is 2. The zero-order valence-electron chi connectivity index (χ0n) is 11.9. The maximum Gasteiger partial charge on any atom is 0.239 e. The van der Waals surface area contributed by atoms with Crippen LogP contribution in [0, 0.1) is 0 Å². The molecule has 19 heavy (non-hydrogen) atoms. The summed E-state index contributed by atoms with van der Waals surface area (Å²) in [5.74, 6) is 0.794. The van der Waals surface area contributed by atoms with Gasteiger partial charge in [0.15, 0.2) is 11.5 Å². The predicted octanol–water partition coefficient (Wildman–Crippen LogP) is 1.62. The van der Waals surface area contributed by atoms with Crippen LogP contribution in [-0.4, -0.2) is 26.2 Å². The highest BCUT2D eigenvalue weighted by Gasteiger charge is 2.20. The van der Waals surface area contributed by atoms with Crippen LogP contribution in [0.5, 0.6) is 11.5 Å². The molecule has 0 saturated heterocycles. The lowest BCUT2D eigenvalue weighted by molar-refractivity contribution is -0.120. The summed E-state index contributed by atoms with van der Waals surface area (Å²) >= 11 is 0. The van der Waals surface area contributed by atoms with Gasteiger partial charge in [-0.3, -0.25) is 10.1 Å². The molecule has 0 aromatic heterocycles.